The Balaban J connectivity index is 1.75. The van der Waals surface area contributed by atoms with Crippen molar-refractivity contribution in [3.8, 4) is 0 Å². The molecule has 1 aliphatic rings. The molecule has 0 radical (unpaired) electrons. The van der Waals surface area contributed by atoms with Crippen LogP contribution in [0.1, 0.15) is 32.6 Å². The highest BCUT2D eigenvalue weighted by Gasteiger charge is 2.42. The van der Waals surface area contributed by atoms with E-state index in [2.05, 4.69) is 40.2 Å². The maximum atomic E-state index is 13.0. The van der Waals surface area contributed by atoms with Gasteiger partial charge in [-0.1, -0.05) is 88.7 Å². The standard InChI is InChI=1S/C25H17BrO2/c26-18-12-13-19-16(14-18)6-5-7-17(19)15-25(28)22-10-3-1-8-20(22)24(27)21-9-2-4-11-23(21)25/h1-14,28H,15H2. The van der Waals surface area contributed by atoms with Gasteiger partial charge in [0, 0.05) is 22.0 Å². The van der Waals surface area contributed by atoms with Gasteiger partial charge in [-0.3, -0.25) is 4.79 Å². The molecule has 0 atom stereocenters. The predicted octanol–water partition coefficient (Wildman–Crippen LogP) is 5.63. The third kappa shape index (κ3) is 2.55. The predicted molar refractivity (Wildman–Crippen MR) is 115 cm³/mol. The van der Waals surface area contributed by atoms with E-state index in [4.69, 9.17) is 0 Å². The Kier molecular flexibility index (Phi) is 3.97. The molecule has 0 spiro atoms. The number of rotatable bonds is 2. The SMILES string of the molecule is O=C1c2ccccc2C(O)(Cc2cccc3cc(Br)ccc23)c2ccccc21. The molecule has 0 aliphatic heterocycles. The van der Waals surface area contributed by atoms with Crippen molar-refractivity contribution < 1.29 is 9.90 Å². The van der Waals surface area contributed by atoms with Crippen molar-refractivity contribution in [3.05, 3.63) is 117 Å². The summed E-state index contributed by atoms with van der Waals surface area (Å²) in [6.07, 6.45) is 0.396. The van der Waals surface area contributed by atoms with Crippen molar-refractivity contribution in [2.75, 3.05) is 0 Å². The lowest BCUT2D eigenvalue weighted by atomic mass is 9.71. The lowest BCUT2D eigenvalue weighted by molar-refractivity contribution is 0.0723. The summed E-state index contributed by atoms with van der Waals surface area (Å²) in [6, 6.07) is 27.1. The van der Waals surface area contributed by atoms with Crippen LogP contribution in [0.4, 0.5) is 0 Å². The first-order valence-electron chi connectivity index (χ1n) is 9.21. The fraction of sp³-hybridized carbons (Fsp3) is 0.0800. The van der Waals surface area contributed by atoms with E-state index < -0.39 is 5.60 Å². The van der Waals surface area contributed by atoms with E-state index >= 15 is 0 Å². The van der Waals surface area contributed by atoms with E-state index in [0.717, 1.165) is 20.8 Å². The molecule has 0 saturated carbocycles. The Bertz CT molecular complexity index is 1190. The van der Waals surface area contributed by atoms with Gasteiger partial charge in [-0.15, -0.1) is 0 Å². The monoisotopic (exact) mass is 428 g/mol. The Labute approximate surface area is 171 Å². The van der Waals surface area contributed by atoms with Crippen LogP contribution >= 0.6 is 15.9 Å². The molecular weight excluding hydrogens is 412 g/mol. The van der Waals surface area contributed by atoms with Gasteiger partial charge >= 0.3 is 0 Å². The number of ketones is 1. The molecule has 2 nitrogen and oxygen atoms in total. The Morgan fingerprint density at radius 2 is 1.43 bits per heavy atom. The summed E-state index contributed by atoms with van der Waals surface area (Å²) in [7, 11) is 0. The maximum absolute atomic E-state index is 13.0. The fourth-order valence-corrected chi connectivity index (χ4v) is 4.69. The first kappa shape index (κ1) is 17.4. The van der Waals surface area contributed by atoms with Gasteiger partial charge in [0.2, 0.25) is 0 Å². The molecule has 3 heteroatoms. The number of aliphatic hydroxyl groups is 1. The maximum Gasteiger partial charge on any atom is 0.193 e. The largest absolute Gasteiger partial charge is 0.380 e. The lowest BCUT2D eigenvalue weighted by Gasteiger charge is -2.36. The van der Waals surface area contributed by atoms with E-state index in [1.54, 1.807) is 12.1 Å². The van der Waals surface area contributed by atoms with Crippen LogP contribution < -0.4 is 0 Å². The lowest BCUT2D eigenvalue weighted by Crippen LogP contribution is -2.37. The van der Waals surface area contributed by atoms with E-state index in [1.807, 2.05) is 48.5 Å². The van der Waals surface area contributed by atoms with Crippen molar-refractivity contribution in [2.24, 2.45) is 0 Å². The highest BCUT2D eigenvalue weighted by molar-refractivity contribution is 9.10. The Hall–Kier alpha value is -2.75. The third-order valence-corrected chi connectivity index (χ3v) is 6.11. The van der Waals surface area contributed by atoms with Gasteiger partial charge in [0.1, 0.15) is 5.60 Å². The number of halogens is 1. The zero-order valence-corrected chi connectivity index (χ0v) is 16.6. The summed E-state index contributed by atoms with van der Waals surface area (Å²) >= 11 is 3.53. The summed E-state index contributed by atoms with van der Waals surface area (Å²) in [5.74, 6) is -0.0299. The molecule has 0 saturated heterocycles. The number of fused-ring (bicyclic) bond motifs is 3. The second kappa shape index (κ2) is 6.40. The zero-order valence-electron chi connectivity index (χ0n) is 15.0. The van der Waals surface area contributed by atoms with Crippen LogP contribution in [0.2, 0.25) is 0 Å². The molecule has 0 aromatic heterocycles. The average molecular weight is 429 g/mol. The normalized spacial score (nSPS) is 14.6. The van der Waals surface area contributed by atoms with Crippen LogP contribution in [0.5, 0.6) is 0 Å². The molecule has 0 bridgehead atoms. The van der Waals surface area contributed by atoms with Gasteiger partial charge in [-0.2, -0.15) is 0 Å². The fourth-order valence-electron chi connectivity index (χ4n) is 4.32. The molecule has 136 valence electrons. The van der Waals surface area contributed by atoms with Crippen LogP contribution in [0, 0.1) is 0 Å². The highest BCUT2D eigenvalue weighted by Crippen LogP contribution is 2.42. The summed E-state index contributed by atoms with van der Waals surface area (Å²) < 4.78 is 1.02. The number of hydrogen-bond donors (Lipinski definition) is 1. The molecule has 0 heterocycles. The van der Waals surface area contributed by atoms with Crippen LogP contribution in [-0.4, -0.2) is 10.9 Å². The molecule has 4 aromatic rings. The van der Waals surface area contributed by atoms with Gasteiger partial charge in [0.15, 0.2) is 5.78 Å². The molecular formula is C25H17BrO2. The summed E-state index contributed by atoms with van der Waals surface area (Å²) in [5.41, 5.74) is 2.29. The van der Waals surface area contributed by atoms with Crippen LogP contribution in [-0.2, 0) is 12.0 Å². The molecule has 0 fully saturated rings. The second-order valence-corrected chi connectivity index (χ2v) is 8.16. The first-order chi connectivity index (χ1) is 13.6. The van der Waals surface area contributed by atoms with Gasteiger partial charge in [0.25, 0.3) is 0 Å². The van der Waals surface area contributed by atoms with E-state index in [9.17, 15) is 9.90 Å². The minimum atomic E-state index is -1.26. The van der Waals surface area contributed by atoms with Crippen molar-refractivity contribution in [3.63, 3.8) is 0 Å². The van der Waals surface area contributed by atoms with Crippen molar-refractivity contribution in [1.82, 2.24) is 0 Å². The summed E-state index contributed by atoms with van der Waals surface area (Å²) in [5, 5.41) is 14.2. The van der Waals surface area contributed by atoms with Crippen LogP contribution in [0.15, 0.2) is 89.4 Å². The van der Waals surface area contributed by atoms with Gasteiger partial charge < -0.3 is 5.11 Å². The zero-order chi connectivity index (χ0) is 19.3. The molecule has 0 unspecified atom stereocenters. The first-order valence-corrected chi connectivity index (χ1v) is 10.0. The second-order valence-electron chi connectivity index (χ2n) is 7.24. The van der Waals surface area contributed by atoms with Crippen molar-refractivity contribution in [2.45, 2.75) is 12.0 Å². The number of carbonyl (C=O) groups excluding carboxylic acids is 1. The van der Waals surface area contributed by atoms with Crippen LogP contribution in [0.3, 0.4) is 0 Å². The average Bonchev–Trinajstić information content (AvgIpc) is 2.72. The summed E-state index contributed by atoms with van der Waals surface area (Å²) in [6.45, 7) is 0. The summed E-state index contributed by atoms with van der Waals surface area (Å²) in [4.78, 5) is 13.0. The van der Waals surface area contributed by atoms with Gasteiger partial charge in [-0.05, 0) is 39.6 Å². The molecule has 28 heavy (non-hydrogen) atoms. The van der Waals surface area contributed by atoms with Gasteiger partial charge in [-0.25, -0.2) is 0 Å². The topological polar surface area (TPSA) is 37.3 Å². The smallest absolute Gasteiger partial charge is 0.193 e. The van der Waals surface area contributed by atoms with E-state index in [0.29, 0.717) is 28.7 Å². The molecule has 1 aliphatic carbocycles. The van der Waals surface area contributed by atoms with E-state index in [1.165, 1.54) is 0 Å². The highest BCUT2D eigenvalue weighted by atomic mass is 79.9. The number of carbonyl (C=O) groups is 1. The van der Waals surface area contributed by atoms with E-state index in [-0.39, 0.29) is 5.78 Å². The molecule has 0 amide bonds. The minimum absolute atomic E-state index is 0.0299. The minimum Gasteiger partial charge on any atom is -0.380 e. The Morgan fingerprint density at radius 3 is 2.11 bits per heavy atom. The Morgan fingerprint density at radius 1 is 0.786 bits per heavy atom. The quantitative estimate of drug-likeness (QED) is 0.449. The molecule has 5 rings (SSSR count). The number of benzene rings is 4. The van der Waals surface area contributed by atoms with Crippen molar-refractivity contribution in [1.29, 1.82) is 0 Å². The number of hydrogen-bond acceptors (Lipinski definition) is 2. The van der Waals surface area contributed by atoms with Gasteiger partial charge in [0.05, 0.1) is 0 Å². The molecule has 1 N–H and O–H groups in total. The van der Waals surface area contributed by atoms with Crippen molar-refractivity contribution >= 4 is 32.5 Å². The van der Waals surface area contributed by atoms with Crippen LogP contribution in [0.25, 0.3) is 10.8 Å². The molecule has 4 aromatic carbocycles. The third-order valence-electron chi connectivity index (χ3n) is 5.61.